The van der Waals surface area contributed by atoms with Crippen LogP contribution in [0, 0.1) is 0 Å². The average Bonchev–Trinajstić information content (AvgIpc) is 2.52. The number of nitrogens with zero attached hydrogens (tertiary/aromatic N) is 1. The van der Waals surface area contributed by atoms with E-state index >= 15 is 0 Å². The molecule has 2 rings (SSSR count). The molecule has 0 aliphatic carbocycles. The minimum Gasteiger partial charge on any atom is -0.507 e. The van der Waals surface area contributed by atoms with Crippen molar-refractivity contribution < 1.29 is 10.2 Å². The van der Waals surface area contributed by atoms with Gasteiger partial charge in [-0.15, -0.1) is 0 Å². The molecule has 0 aromatic heterocycles. The molecule has 0 saturated carbocycles. The summed E-state index contributed by atoms with van der Waals surface area (Å²) in [7, 11) is 2.01. The quantitative estimate of drug-likeness (QED) is 0.767. The number of rotatable bonds is 6. The molecule has 0 saturated heterocycles. The molecule has 4 N–H and O–H groups in total. The first-order valence-corrected chi connectivity index (χ1v) is 7.87. The fourth-order valence-electron chi connectivity index (χ4n) is 2.59. The summed E-state index contributed by atoms with van der Waals surface area (Å²) in [5.41, 5.74) is 7.68. The molecule has 0 fully saturated rings. The van der Waals surface area contributed by atoms with E-state index in [9.17, 15) is 10.2 Å². The number of phenolic OH excluding ortho intramolecular Hbond substituents is 2. The van der Waals surface area contributed by atoms with Crippen molar-refractivity contribution in [3.63, 3.8) is 0 Å². The average molecular weight is 302 g/mol. The molecule has 0 heterocycles. The van der Waals surface area contributed by atoms with Crippen molar-refractivity contribution in [3.05, 3.63) is 35.4 Å². The predicted molar refractivity (Wildman–Crippen MR) is 91.3 cm³/mol. The Bertz CT molecular complexity index is 598. The first kappa shape index (κ1) is 16.6. The second-order valence-electron chi connectivity index (χ2n) is 5.94. The molecule has 120 valence electrons. The first-order chi connectivity index (χ1) is 10.5. The van der Waals surface area contributed by atoms with Crippen LogP contribution < -0.4 is 5.73 Å². The van der Waals surface area contributed by atoms with Gasteiger partial charge in [-0.05, 0) is 32.0 Å². The van der Waals surface area contributed by atoms with Gasteiger partial charge in [0, 0.05) is 28.9 Å². The number of fused-ring (bicyclic) bond motifs is 1. The summed E-state index contributed by atoms with van der Waals surface area (Å²) in [6.07, 6.45) is 1.50. The summed E-state index contributed by atoms with van der Waals surface area (Å²) in [4.78, 5) is 2.12. The van der Waals surface area contributed by atoms with E-state index in [4.69, 9.17) is 5.73 Å². The van der Waals surface area contributed by atoms with Crippen LogP contribution in [-0.2, 0) is 13.0 Å². The van der Waals surface area contributed by atoms with Crippen molar-refractivity contribution in [2.75, 3.05) is 13.6 Å². The molecule has 4 heteroatoms. The Balaban J connectivity index is 2.43. The lowest BCUT2D eigenvalue weighted by atomic mass is 9.97. The van der Waals surface area contributed by atoms with Gasteiger partial charge in [0.15, 0.2) is 0 Å². The molecule has 4 nitrogen and oxygen atoms in total. The fourth-order valence-corrected chi connectivity index (χ4v) is 2.59. The molecule has 0 aliphatic rings. The van der Waals surface area contributed by atoms with Crippen molar-refractivity contribution in [1.29, 1.82) is 0 Å². The number of benzene rings is 2. The lowest BCUT2D eigenvalue weighted by molar-refractivity contribution is 0.338. The summed E-state index contributed by atoms with van der Waals surface area (Å²) in [6.45, 7) is 5.70. The van der Waals surface area contributed by atoms with Gasteiger partial charge in [-0.1, -0.05) is 38.1 Å². The van der Waals surface area contributed by atoms with Crippen LogP contribution in [0.2, 0.25) is 0 Å². The van der Waals surface area contributed by atoms with Crippen LogP contribution in [0.1, 0.15) is 31.4 Å². The summed E-state index contributed by atoms with van der Waals surface area (Å²) < 4.78 is 0. The van der Waals surface area contributed by atoms with Gasteiger partial charge < -0.3 is 20.8 Å². The van der Waals surface area contributed by atoms with E-state index in [1.165, 1.54) is 0 Å². The van der Waals surface area contributed by atoms with Gasteiger partial charge in [0.1, 0.15) is 11.5 Å². The Labute approximate surface area is 132 Å². The second-order valence-corrected chi connectivity index (χ2v) is 5.94. The number of hydrogen-bond donors (Lipinski definition) is 3. The maximum Gasteiger partial charge on any atom is 0.128 e. The molecule has 0 amide bonds. The third kappa shape index (κ3) is 3.34. The van der Waals surface area contributed by atoms with Crippen LogP contribution in [0.25, 0.3) is 10.8 Å². The largest absolute Gasteiger partial charge is 0.507 e. The van der Waals surface area contributed by atoms with E-state index < -0.39 is 0 Å². The molecular weight excluding hydrogens is 276 g/mol. The highest BCUT2D eigenvalue weighted by molar-refractivity contribution is 5.94. The van der Waals surface area contributed by atoms with E-state index in [1.54, 1.807) is 0 Å². The molecule has 1 atom stereocenters. The summed E-state index contributed by atoms with van der Waals surface area (Å²) in [6, 6.07) is 7.53. The predicted octanol–water partition coefficient (Wildman–Crippen LogP) is 2.98. The Hall–Kier alpha value is -1.78. The third-order valence-electron chi connectivity index (χ3n) is 4.30. The van der Waals surface area contributed by atoms with Gasteiger partial charge in [-0.3, -0.25) is 0 Å². The van der Waals surface area contributed by atoms with Crippen LogP contribution in [0.3, 0.4) is 0 Å². The van der Waals surface area contributed by atoms with E-state index in [-0.39, 0.29) is 17.5 Å². The minimum absolute atomic E-state index is 0.0365. The Morgan fingerprint density at radius 3 is 2.09 bits per heavy atom. The maximum atomic E-state index is 10.5. The lowest BCUT2D eigenvalue weighted by Gasteiger charge is -2.17. The standard InChI is InChI=1S/C18H26N2O2/c1-4-14(19)10-12-6-8-16-15(17(12)21)9-7-13(18(16)22)11-20(3)5-2/h6-9,14,21-22H,4-5,10-11,19H2,1-3H3. The van der Waals surface area contributed by atoms with Crippen molar-refractivity contribution in [2.24, 2.45) is 5.73 Å². The Morgan fingerprint density at radius 1 is 1.00 bits per heavy atom. The molecule has 0 spiro atoms. The van der Waals surface area contributed by atoms with Gasteiger partial charge in [0.2, 0.25) is 0 Å². The lowest BCUT2D eigenvalue weighted by Crippen LogP contribution is -2.21. The third-order valence-corrected chi connectivity index (χ3v) is 4.30. The Kier molecular flexibility index (Phi) is 5.27. The normalized spacial score (nSPS) is 13.0. The monoisotopic (exact) mass is 302 g/mol. The van der Waals surface area contributed by atoms with E-state index in [0.717, 1.165) is 24.1 Å². The molecule has 0 radical (unpaired) electrons. The summed E-state index contributed by atoms with van der Waals surface area (Å²) >= 11 is 0. The zero-order valence-electron chi connectivity index (χ0n) is 13.6. The van der Waals surface area contributed by atoms with Crippen molar-refractivity contribution in [3.8, 4) is 11.5 Å². The number of aromatic hydroxyl groups is 2. The highest BCUT2D eigenvalue weighted by atomic mass is 16.3. The topological polar surface area (TPSA) is 69.7 Å². The molecule has 22 heavy (non-hydrogen) atoms. The van der Waals surface area contributed by atoms with Gasteiger partial charge in [-0.2, -0.15) is 0 Å². The second kappa shape index (κ2) is 6.99. The van der Waals surface area contributed by atoms with Gasteiger partial charge in [-0.25, -0.2) is 0 Å². The SMILES string of the molecule is CCC(N)Cc1ccc2c(O)c(CN(C)CC)ccc2c1O. The van der Waals surface area contributed by atoms with Crippen LogP contribution in [0.15, 0.2) is 24.3 Å². The van der Waals surface area contributed by atoms with Crippen LogP contribution >= 0.6 is 0 Å². The summed E-state index contributed by atoms with van der Waals surface area (Å²) in [5, 5.41) is 22.3. The summed E-state index contributed by atoms with van der Waals surface area (Å²) in [5.74, 6) is 0.478. The molecule has 1 unspecified atom stereocenters. The zero-order valence-corrected chi connectivity index (χ0v) is 13.6. The molecule has 2 aromatic rings. The zero-order chi connectivity index (χ0) is 16.3. The Morgan fingerprint density at radius 2 is 1.55 bits per heavy atom. The van der Waals surface area contributed by atoms with E-state index in [0.29, 0.717) is 23.7 Å². The molecule has 2 aromatic carbocycles. The highest BCUT2D eigenvalue weighted by Crippen LogP contribution is 2.36. The number of phenols is 2. The highest BCUT2D eigenvalue weighted by Gasteiger charge is 2.14. The molecular formula is C18H26N2O2. The van der Waals surface area contributed by atoms with Crippen LogP contribution in [0.5, 0.6) is 11.5 Å². The van der Waals surface area contributed by atoms with Crippen molar-refractivity contribution in [1.82, 2.24) is 4.90 Å². The van der Waals surface area contributed by atoms with Crippen LogP contribution in [0.4, 0.5) is 0 Å². The maximum absolute atomic E-state index is 10.5. The van der Waals surface area contributed by atoms with Crippen molar-refractivity contribution in [2.45, 2.75) is 39.3 Å². The fraction of sp³-hybridized carbons (Fsp3) is 0.444. The smallest absolute Gasteiger partial charge is 0.128 e. The van der Waals surface area contributed by atoms with Crippen molar-refractivity contribution >= 4 is 10.8 Å². The van der Waals surface area contributed by atoms with E-state index in [1.807, 2.05) is 38.2 Å². The van der Waals surface area contributed by atoms with E-state index in [2.05, 4.69) is 11.8 Å². The van der Waals surface area contributed by atoms with Crippen LogP contribution in [-0.4, -0.2) is 34.7 Å². The van der Waals surface area contributed by atoms with Gasteiger partial charge in [0.25, 0.3) is 0 Å². The number of hydrogen-bond acceptors (Lipinski definition) is 4. The van der Waals surface area contributed by atoms with Gasteiger partial charge in [0.05, 0.1) is 0 Å². The first-order valence-electron chi connectivity index (χ1n) is 7.87. The molecule has 0 aliphatic heterocycles. The van der Waals surface area contributed by atoms with Gasteiger partial charge >= 0.3 is 0 Å². The molecule has 0 bridgehead atoms. The minimum atomic E-state index is 0.0365. The number of nitrogens with two attached hydrogens (primary N) is 1.